The van der Waals surface area contributed by atoms with Gasteiger partial charge in [-0.3, -0.25) is 4.79 Å². The summed E-state index contributed by atoms with van der Waals surface area (Å²) in [6.07, 6.45) is 2.46. The van der Waals surface area contributed by atoms with E-state index in [1.54, 1.807) is 0 Å². The average Bonchev–Trinajstić information content (AvgIpc) is 3.25. The minimum Gasteiger partial charge on any atom is -0.465 e. The van der Waals surface area contributed by atoms with Crippen LogP contribution in [0.15, 0.2) is 23.1 Å². The Morgan fingerprint density at radius 3 is 2.63 bits per heavy atom. The Morgan fingerprint density at radius 1 is 1.23 bits per heavy atom. The van der Waals surface area contributed by atoms with Gasteiger partial charge in [-0.15, -0.1) is 11.3 Å². The molecule has 0 atom stereocenters. The second-order valence-corrected chi connectivity index (χ2v) is 9.44. The van der Waals surface area contributed by atoms with Crippen LogP contribution in [0.25, 0.3) is 0 Å². The van der Waals surface area contributed by atoms with Crippen molar-refractivity contribution >= 4 is 55.8 Å². The second kappa shape index (κ2) is 8.72. The molecule has 1 heterocycles. The molecule has 160 valence electrons. The van der Waals surface area contributed by atoms with Crippen LogP contribution in [0.5, 0.6) is 0 Å². The quantitative estimate of drug-likeness (QED) is 0.613. The molecule has 1 aliphatic carbocycles. The maximum absolute atomic E-state index is 12.3. The van der Waals surface area contributed by atoms with E-state index in [0.29, 0.717) is 10.6 Å². The molecule has 1 amide bonds. The third-order valence-corrected chi connectivity index (χ3v) is 6.83. The lowest BCUT2D eigenvalue weighted by Crippen LogP contribution is -2.22. The predicted octanol–water partition coefficient (Wildman–Crippen LogP) is 2.12. The van der Waals surface area contributed by atoms with E-state index in [1.807, 2.05) is 0 Å². The molecule has 0 unspecified atom stereocenters. The predicted molar refractivity (Wildman–Crippen MR) is 109 cm³/mol. The molecule has 0 aliphatic heterocycles. The lowest BCUT2D eigenvalue weighted by atomic mass is 10.1. The fourth-order valence-corrected chi connectivity index (χ4v) is 5.05. The van der Waals surface area contributed by atoms with Gasteiger partial charge >= 0.3 is 11.9 Å². The van der Waals surface area contributed by atoms with Gasteiger partial charge in [-0.1, -0.05) is 11.6 Å². The highest BCUT2D eigenvalue weighted by Crippen LogP contribution is 2.39. The van der Waals surface area contributed by atoms with Crippen molar-refractivity contribution in [3.8, 4) is 0 Å². The molecule has 0 bridgehead atoms. The molecule has 9 nitrogen and oxygen atoms in total. The Labute approximate surface area is 181 Å². The number of primary sulfonamides is 1. The summed E-state index contributed by atoms with van der Waals surface area (Å²) in [6, 6.07) is 3.30. The van der Waals surface area contributed by atoms with E-state index in [-0.39, 0.29) is 15.5 Å². The average molecular weight is 473 g/mol. The van der Waals surface area contributed by atoms with Crippen molar-refractivity contribution < 1.29 is 32.3 Å². The number of methoxy groups -OCH3 is 1. The third-order valence-electron chi connectivity index (χ3n) is 4.38. The molecule has 0 saturated carbocycles. The minimum absolute atomic E-state index is 0.0598. The molecule has 1 aliphatic rings. The van der Waals surface area contributed by atoms with Crippen LogP contribution in [0.3, 0.4) is 0 Å². The highest BCUT2D eigenvalue weighted by atomic mass is 35.5. The Hall–Kier alpha value is -2.47. The number of fused-ring (bicyclic) bond motifs is 1. The lowest BCUT2D eigenvalue weighted by molar-refractivity contribution is -0.119. The summed E-state index contributed by atoms with van der Waals surface area (Å²) < 4.78 is 32.6. The van der Waals surface area contributed by atoms with E-state index in [2.05, 4.69) is 5.32 Å². The topological polar surface area (TPSA) is 142 Å². The molecule has 0 radical (unpaired) electrons. The summed E-state index contributed by atoms with van der Waals surface area (Å²) >= 11 is 7.20. The fourth-order valence-electron chi connectivity index (χ4n) is 3.02. The number of hydrogen-bond donors (Lipinski definition) is 2. The Kier molecular flexibility index (Phi) is 6.46. The van der Waals surface area contributed by atoms with Gasteiger partial charge in [0.15, 0.2) is 6.61 Å². The summed E-state index contributed by atoms with van der Waals surface area (Å²) in [6.45, 7) is -0.669. The molecule has 0 saturated heterocycles. The zero-order chi connectivity index (χ0) is 22.1. The Morgan fingerprint density at radius 2 is 1.97 bits per heavy atom. The highest BCUT2D eigenvalue weighted by molar-refractivity contribution is 7.89. The number of carbonyl (C=O) groups is 3. The molecule has 1 aromatic carbocycles. The lowest BCUT2D eigenvalue weighted by Gasteiger charge is -2.09. The summed E-state index contributed by atoms with van der Waals surface area (Å²) in [5, 5.41) is 7.88. The van der Waals surface area contributed by atoms with Gasteiger partial charge in [0.05, 0.1) is 28.2 Å². The molecule has 2 aromatic rings. The number of esters is 2. The maximum Gasteiger partial charge on any atom is 0.341 e. The molecule has 1 aromatic heterocycles. The number of amides is 1. The summed E-state index contributed by atoms with van der Waals surface area (Å²) in [5.74, 6) is -2.22. The summed E-state index contributed by atoms with van der Waals surface area (Å²) in [5.41, 5.74) is 0.936. The third kappa shape index (κ3) is 4.64. The Balaban J connectivity index is 1.70. The number of nitrogens with two attached hydrogens (primary N) is 1. The van der Waals surface area contributed by atoms with Gasteiger partial charge in [0.2, 0.25) is 10.0 Å². The molecule has 3 rings (SSSR count). The monoisotopic (exact) mass is 472 g/mol. The number of benzene rings is 1. The first-order chi connectivity index (χ1) is 14.1. The molecule has 3 N–H and O–H groups in total. The van der Waals surface area contributed by atoms with Gasteiger partial charge in [-0.25, -0.2) is 23.1 Å². The molecular weight excluding hydrogens is 456 g/mol. The van der Waals surface area contributed by atoms with Crippen LogP contribution in [0, 0.1) is 0 Å². The van der Waals surface area contributed by atoms with E-state index in [4.69, 9.17) is 26.2 Å². The number of carbonyl (C=O) groups excluding carboxylic acids is 3. The molecule has 30 heavy (non-hydrogen) atoms. The summed E-state index contributed by atoms with van der Waals surface area (Å²) in [4.78, 5) is 37.3. The van der Waals surface area contributed by atoms with Crippen molar-refractivity contribution in [2.75, 3.05) is 19.0 Å². The van der Waals surface area contributed by atoms with Crippen LogP contribution < -0.4 is 10.5 Å². The van der Waals surface area contributed by atoms with E-state index < -0.39 is 34.5 Å². The number of anilines is 1. The van der Waals surface area contributed by atoms with Gasteiger partial charge in [-0.2, -0.15) is 0 Å². The first kappa shape index (κ1) is 22.2. The van der Waals surface area contributed by atoms with Gasteiger partial charge in [-0.05, 0) is 43.0 Å². The number of rotatable bonds is 6. The van der Waals surface area contributed by atoms with E-state index in [0.717, 1.165) is 41.8 Å². The first-order valence-corrected chi connectivity index (χ1v) is 11.4. The van der Waals surface area contributed by atoms with E-state index in [1.165, 1.54) is 24.5 Å². The van der Waals surface area contributed by atoms with Crippen LogP contribution in [0.2, 0.25) is 5.02 Å². The maximum atomic E-state index is 12.3. The van der Waals surface area contributed by atoms with Crippen molar-refractivity contribution in [3.05, 3.63) is 44.8 Å². The normalized spacial score (nSPS) is 12.9. The van der Waals surface area contributed by atoms with Gasteiger partial charge < -0.3 is 14.8 Å². The minimum atomic E-state index is -4.05. The number of halogens is 1. The standard InChI is InChI=1S/C18H17ClN2O7S2/c1-27-18(24)15-10-3-2-4-13(10)29-16(15)21-14(22)8-28-17(23)11-7-9(30(20,25)26)5-6-12(11)19/h5-7H,2-4,8H2,1H3,(H,21,22)(H2,20,25,26). The number of thiophene rings is 1. The van der Waals surface area contributed by atoms with Crippen LogP contribution in [0.4, 0.5) is 5.00 Å². The van der Waals surface area contributed by atoms with Gasteiger partial charge in [0, 0.05) is 4.88 Å². The van der Waals surface area contributed by atoms with Crippen molar-refractivity contribution in [2.24, 2.45) is 5.14 Å². The van der Waals surface area contributed by atoms with Crippen LogP contribution in [0.1, 0.15) is 37.6 Å². The van der Waals surface area contributed by atoms with Crippen molar-refractivity contribution in [3.63, 3.8) is 0 Å². The fraction of sp³-hybridized carbons (Fsp3) is 0.278. The largest absolute Gasteiger partial charge is 0.465 e. The van der Waals surface area contributed by atoms with Crippen molar-refractivity contribution in [2.45, 2.75) is 24.2 Å². The van der Waals surface area contributed by atoms with E-state index >= 15 is 0 Å². The number of aryl methyl sites for hydroxylation is 1. The molecule has 0 fully saturated rings. The number of sulfonamides is 1. The number of hydrogen-bond acceptors (Lipinski definition) is 8. The van der Waals surface area contributed by atoms with E-state index in [9.17, 15) is 22.8 Å². The van der Waals surface area contributed by atoms with Gasteiger partial charge in [0.1, 0.15) is 5.00 Å². The molecule has 12 heteroatoms. The second-order valence-electron chi connectivity index (χ2n) is 6.36. The van der Waals surface area contributed by atoms with Crippen molar-refractivity contribution in [1.82, 2.24) is 0 Å². The first-order valence-electron chi connectivity index (χ1n) is 8.64. The molecule has 0 spiro atoms. The number of nitrogens with one attached hydrogen (secondary N) is 1. The smallest absolute Gasteiger partial charge is 0.341 e. The SMILES string of the molecule is COC(=O)c1c(NC(=O)COC(=O)c2cc(S(N)(=O)=O)ccc2Cl)sc2c1CCC2. The zero-order valence-corrected chi connectivity index (χ0v) is 18.1. The highest BCUT2D eigenvalue weighted by Gasteiger charge is 2.28. The molecular formula is C18H17ClN2O7S2. The summed E-state index contributed by atoms with van der Waals surface area (Å²) in [7, 11) is -2.79. The Bertz CT molecular complexity index is 1140. The van der Waals surface area contributed by atoms with Gasteiger partial charge in [0.25, 0.3) is 5.91 Å². The van der Waals surface area contributed by atoms with Crippen LogP contribution in [-0.4, -0.2) is 40.0 Å². The number of ether oxygens (including phenoxy) is 2. The zero-order valence-electron chi connectivity index (χ0n) is 15.7. The van der Waals surface area contributed by atoms with Crippen molar-refractivity contribution in [1.29, 1.82) is 0 Å². The van der Waals surface area contributed by atoms with Crippen LogP contribution >= 0.6 is 22.9 Å². The van der Waals surface area contributed by atoms with Crippen LogP contribution in [-0.2, 0) is 37.1 Å².